The van der Waals surface area contributed by atoms with E-state index in [-0.39, 0.29) is 11.5 Å². The molecular formula is C12H20N2O. The molecule has 0 amide bonds. The van der Waals surface area contributed by atoms with Gasteiger partial charge in [0.2, 0.25) is 5.88 Å². The standard InChI is InChI=1S/C12H20N2O/c1-8(2)15-11-7-10(12(4,5)6)13-9(3)14-11/h7-8H,1-6H3. The average molecular weight is 208 g/mol. The number of aryl methyl sites for hydroxylation is 1. The van der Waals surface area contributed by atoms with E-state index in [1.165, 1.54) is 0 Å². The Morgan fingerprint density at radius 1 is 1.20 bits per heavy atom. The molecule has 0 fully saturated rings. The first kappa shape index (κ1) is 12.0. The average Bonchev–Trinajstić information content (AvgIpc) is 1.99. The maximum Gasteiger partial charge on any atom is 0.217 e. The minimum absolute atomic E-state index is 0.0305. The van der Waals surface area contributed by atoms with Crippen LogP contribution in [0, 0.1) is 6.92 Å². The molecule has 3 heteroatoms. The Kier molecular flexibility index (Phi) is 3.32. The lowest BCUT2D eigenvalue weighted by Crippen LogP contribution is -2.16. The summed E-state index contributed by atoms with van der Waals surface area (Å²) in [4.78, 5) is 8.68. The Hall–Kier alpha value is -1.12. The second-order valence-corrected chi connectivity index (χ2v) is 5.06. The Balaban J connectivity index is 3.06. The molecule has 0 N–H and O–H groups in total. The van der Waals surface area contributed by atoms with Crippen LogP contribution in [-0.2, 0) is 5.41 Å². The van der Waals surface area contributed by atoms with E-state index in [2.05, 4.69) is 30.7 Å². The number of hydrogen-bond donors (Lipinski definition) is 0. The Morgan fingerprint density at radius 3 is 2.27 bits per heavy atom. The van der Waals surface area contributed by atoms with Gasteiger partial charge < -0.3 is 4.74 Å². The number of hydrogen-bond acceptors (Lipinski definition) is 3. The molecule has 0 saturated carbocycles. The monoisotopic (exact) mass is 208 g/mol. The lowest BCUT2D eigenvalue weighted by molar-refractivity contribution is 0.231. The minimum atomic E-state index is 0.0305. The van der Waals surface area contributed by atoms with Crippen LogP contribution in [0.1, 0.15) is 46.1 Å². The van der Waals surface area contributed by atoms with E-state index in [4.69, 9.17) is 4.74 Å². The van der Waals surface area contributed by atoms with Gasteiger partial charge in [-0.2, -0.15) is 4.98 Å². The maximum atomic E-state index is 5.58. The molecule has 1 rings (SSSR count). The molecule has 0 aromatic carbocycles. The molecule has 0 aliphatic carbocycles. The number of ether oxygens (including phenoxy) is 1. The van der Waals surface area contributed by atoms with Crippen molar-refractivity contribution in [2.75, 3.05) is 0 Å². The van der Waals surface area contributed by atoms with Gasteiger partial charge in [0.25, 0.3) is 0 Å². The molecule has 1 heterocycles. The van der Waals surface area contributed by atoms with Gasteiger partial charge in [-0.3, -0.25) is 0 Å². The molecule has 0 radical (unpaired) electrons. The van der Waals surface area contributed by atoms with Crippen molar-refractivity contribution in [1.82, 2.24) is 9.97 Å². The van der Waals surface area contributed by atoms with E-state index < -0.39 is 0 Å². The number of aromatic nitrogens is 2. The SMILES string of the molecule is Cc1nc(OC(C)C)cc(C(C)(C)C)n1. The van der Waals surface area contributed by atoms with E-state index >= 15 is 0 Å². The van der Waals surface area contributed by atoms with Crippen molar-refractivity contribution >= 4 is 0 Å². The summed E-state index contributed by atoms with van der Waals surface area (Å²) in [7, 11) is 0. The summed E-state index contributed by atoms with van der Waals surface area (Å²) < 4.78 is 5.58. The third kappa shape index (κ3) is 3.50. The Labute approximate surface area is 91.9 Å². The van der Waals surface area contributed by atoms with E-state index in [1.54, 1.807) is 0 Å². The van der Waals surface area contributed by atoms with Crippen LogP contribution in [-0.4, -0.2) is 16.1 Å². The van der Waals surface area contributed by atoms with E-state index in [1.807, 2.05) is 26.8 Å². The summed E-state index contributed by atoms with van der Waals surface area (Å²) in [5.74, 6) is 1.43. The normalized spacial score (nSPS) is 11.9. The van der Waals surface area contributed by atoms with E-state index in [0.717, 1.165) is 11.5 Å². The molecule has 0 aliphatic heterocycles. The summed E-state index contributed by atoms with van der Waals surface area (Å²) in [5, 5.41) is 0. The van der Waals surface area contributed by atoms with Gasteiger partial charge in [0, 0.05) is 11.5 Å². The predicted molar refractivity (Wildman–Crippen MR) is 61.2 cm³/mol. The smallest absolute Gasteiger partial charge is 0.217 e. The number of rotatable bonds is 2. The van der Waals surface area contributed by atoms with Crippen molar-refractivity contribution in [3.8, 4) is 5.88 Å². The summed E-state index contributed by atoms with van der Waals surface area (Å²) in [6, 6.07) is 1.92. The first-order valence-corrected chi connectivity index (χ1v) is 5.32. The highest BCUT2D eigenvalue weighted by molar-refractivity contribution is 5.21. The largest absolute Gasteiger partial charge is 0.475 e. The molecule has 0 saturated heterocycles. The zero-order chi connectivity index (χ0) is 11.6. The molecule has 3 nitrogen and oxygen atoms in total. The van der Waals surface area contributed by atoms with E-state index in [9.17, 15) is 0 Å². The van der Waals surface area contributed by atoms with Crippen molar-refractivity contribution in [2.24, 2.45) is 0 Å². The minimum Gasteiger partial charge on any atom is -0.475 e. The predicted octanol–water partition coefficient (Wildman–Crippen LogP) is 2.87. The second-order valence-electron chi connectivity index (χ2n) is 5.06. The van der Waals surface area contributed by atoms with Crippen molar-refractivity contribution < 1.29 is 4.74 Å². The lowest BCUT2D eigenvalue weighted by atomic mass is 9.92. The van der Waals surface area contributed by atoms with Crippen LogP contribution in [0.2, 0.25) is 0 Å². The van der Waals surface area contributed by atoms with Gasteiger partial charge in [0.1, 0.15) is 5.82 Å². The third-order valence-corrected chi connectivity index (χ3v) is 1.94. The third-order valence-electron chi connectivity index (χ3n) is 1.94. The highest BCUT2D eigenvalue weighted by Crippen LogP contribution is 2.23. The zero-order valence-electron chi connectivity index (χ0n) is 10.5. The summed E-state index contributed by atoms with van der Waals surface area (Å²) in [6.45, 7) is 12.3. The van der Waals surface area contributed by atoms with Gasteiger partial charge in [-0.15, -0.1) is 0 Å². The topological polar surface area (TPSA) is 35.0 Å². The fourth-order valence-corrected chi connectivity index (χ4v) is 1.23. The summed E-state index contributed by atoms with van der Waals surface area (Å²) in [5.41, 5.74) is 1.05. The fraction of sp³-hybridized carbons (Fsp3) is 0.667. The van der Waals surface area contributed by atoms with Crippen molar-refractivity contribution in [2.45, 2.75) is 53.1 Å². The van der Waals surface area contributed by atoms with Gasteiger partial charge in [0.05, 0.1) is 11.8 Å². The van der Waals surface area contributed by atoms with E-state index in [0.29, 0.717) is 5.88 Å². The van der Waals surface area contributed by atoms with Gasteiger partial charge in [-0.1, -0.05) is 20.8 Å². The van der Waals surface area contributed by atoms with Gasteiger partial charge in [-0.25, -0.2) is 4.98 Å². The maximum absolute atomic E-state index is 5.58. The van der Waals surface area contributed by atoms with Crippen LogP contribution >= 0.6 is 0 Å². The molecule has 0 spiro atoms. The lowest BCUT2D eigenvalue weighted by Gasteiger charge is -2.19. The molecule has 0 aliphatic rings. The van der Waals surface area contributed by atoms with Crippen molar-refractivity contribution in [1.29, 1.82) is 0 Å². The first-order chi connectivity index (χ1) is 6.79. The van der Waals surface area contributed by atoms with Gasteiger partial charge >= 0.3 is 0 Å². The second kappa shape index (κ2) is 4.17. The molecule has 15 heavy (non-hydrogen) atoms. The highest BCUT2D eigenvalue weighted by atomic mass is 16.5. The molecule has 0 atom stereocenters. The molecular weight excluding hydrogens is 188 g/mol. The van der Waals surface area contributed by atoms with Crippen LogP contribution in [0.3, 0.4) is 0 Å². The van der Waals surface area contributed by atoms with Crippen molar-refractivity contribution in [3.63, 3.8) is 0 Å². The number of nitrogens with zero attached hydrogens (tertiary/aromatic N) is 2. The highest BCUT2D eigenvalue weighted by Gasteiger charge is 2.17. The molecule has 1 aromatic rings. The fourth-order valence-electron chi connectivity index (χ4n) is 1.23. The molecule has 84 valence electrons. The van der Waals surface area contributed by atoms with Crippen LogP contribution in [0.15, 0.2) is 6.07 Å². The van der Waals surface area contributed by atoms with Crippen molar-refractivity contribution in [3.05, 3.63) is 17.6 Å². The van der Waals surface area contributed by atoms with Crippen LogP contribution in [0.25, 0.3) is 0 Å². The van der Waals surface area contributed by atoms with Crippen LogP contribution in [0.4, 0.5) is 0 Å². The van der Waals surface area contributed by atoms with Crippen LogP contribution < -0.4 is 4.74 Å². The summed E-state index contributed by atoms with van der Waals surface area (Å²) in [6.07, 6.45) is 0.145. The first-order valence-electron chi connectivity index (χ1n) is 5.32. The summed E-state index contributed by atoms with van der Waals surface area (Å²) >= 11 is 0. The molecule has 0 bridgehead atoms. The van der Waals surface area contributed by atoms with Gasteiger partial charge in [0.15, 0.2) is 0 Å². The molecule has 1 aromatic heterocycles. The zero-order valence-corrected chi connectivity index (χ0v) is 10.5. The Bertz CT molecular complexity index is 340. The van der Waals surface area contributed by atoms with Gasteiger partial charge in [-0.05, 0) is 20.8 Å². The Morgan fingerprint density at radius 2 is 1.80 bits per heavy atom. The molecule has 0 unspecified atom stereocenters. The van der Waals surface area contributed by atoms with Crippen LogP contribution in [0.5, 0.6) is 5.88 Å². The quantitative estimate of drug-likeness (QED) is 0.749.